The van der Waals surface area contributed by atoms with Crippen LogP contribution in [0.1, 0.15) is 162 Å². The number of allylic oxidation sites excluding steroid dienone is 9. The van der Waals surface area contributed by atoms with Gasteiger partial charge in [0.05, 0.1) is 25.9 Å². The quantitative estimate of drug-likeness (QED) is 0.0167. The van der Waals surface area contributed by atoms with Gasteiger partial charge < -0.3 is 34.4 Å². The number of carbonyl (C=O) groups is 2. The molecule has 0 fully saturated rings. The van der Waals surface area contributed by atoms with Crippen LogP contribution in [0.25, 0.3) is 0 Å². The monoisotopic (exact) mass is 892 g/mol. The maximum absolute atomic E-state index is 12.6. The average molecular weight is 893 g/mol. The van der Waals surface area contributed by atoms with Crippen molar-refractivity contribution in [3.05, 3.63) is 60.8 Å². The number of hydrogen-bond donors (Lipinski definition) is 5. The van der Waals surface area contributed by atoms with Crippen molar-refractivity contribution < 1.29 is 66.7 Å². The number of ether oxygens (including phenoxy) is 2. The number of phosphoric ester groups is 2. The summed E-state index contributed by atoms with van der Waals surface area (Å²) in [5, 5.41) is 19.6. The highest BCUT2D eigenvalue weighted by Crippen LogP contribution is 2.43. The molecule has 348 valence electrons. The third-order valence-corrected chi connectivity index (χ3v) is 10.4. The normalized spacial score (nSPS) is 15.1. The summed E-state index contributed by atoms with van der Waals surface area (Å²) in [6, 6.07) is 0. The Bertz CT molecular complexity index is 1310. The minimum absolute atomic E-state index is 0.0352. The van der Waals surface area contributed by atoms with Crippen LogP contribution >= 0.6 is 15.6 Å². The van der Waals surface area contributed by atoms with Gasteiger partial charge in [0.15, 0.2) is 6.10 Å². The van der Waals surface area contributed by atoms with Gasteiger partial charge in [-0.2, -0.15) is 0 Å². The van der Waals surface area contributed by atoms with Gasteiger partial charge in [0.1, 0.15) is 12.7 Å². The van der Waals surface area contributed by atoms with Gasteiger partial charge in [0.25, 0.3) is 0 Å². The first-order valence-electron chi connectivity index (χ1n) is 22.1. The van der Waals surface area contributed by atoms with Gasteiger partial charge in [-0.25, -0.2) is 9.13 Å². The highest BCUT2D eigenvalue weighted by molar-refractivity contribution is 7.47. The lowest BCUT2D eigenvalue weighted by atomic mass is 10.1. The zero-order chi connectivity index (χ0) is 44.6. The molecule has 60 heavy (non-hydrogen) atoms. The van der Waals surface area contributed by atoms with Crippen molar-refractivity contribution in [2.24, 2.45) is 0 Å². The molecule has 0 rings (SSSR count). The number of unbranched alkanes of at least 4 members (excludes halogenated alkanes) is 13. The second-order valence-corrected chi connectivity index (χ2v) is 17.5. The highest BCUT2D eigenvalue weighted by atomic mass is 31.2. The van der Waals surface area contributed by atoms with Gasteiger partial charge in [0.2, 0.25) is 0 Å². The maximum atomic E-state index is 12.6. The van der Waals surface area contributed by atoms with Crippen LogP contribution < -0.4 is 0 Å². The Kier molecular flexibility index (Phi) is 38.1. The van der Waals surface area contributed by atoms with E-state index in [-0.39, 0.29) is 18.9 Å². The molecule has 4 atom stereocenters. The van der Waals surface area contributed by atoms with E-state index in [0.29, 0.717) is 19.3 Å². The van der Waals surface area contributed by atoms with E-state index in [1.54, 1.807) is 0 Å². The summed E-state index contributed by atoms with van der Waals surface area (Å²) >= 11 is 0. The Balaban J connectivity index is 4.66. The van der Waals surface area contributed by atoms with E-state index in [4.69, 9.17) is 23.8 Å². The molecule has 1 unspecified atom stereocenters. The fraction of sp³-hybridized carbons (Fsp3) is 0.727. The summed E-state index contributed by atoms with van der Waals surface area (Å²) in [5.41, 5.74) is 0. The first-order valence-corrected chi connectivity index (χ1v) is 25.1. The molecule has 0 amide bonds. The maximum Gasteiger partial charge on any atom is 0.472 e. The molecule has 0 heterocycles. The molecule has 16 heteroatoms. The predicted octanol–water partition coefficient (Wildman–Crippen LogP) is 10.2. The molecule has 0 saturated heterocycles. The average Bonchev–Trinajstić information content (AvgIpc) is 3.20. The topological polar surface area (TPSA) is 216 Å². The Morgan fingerprint density at radius 1 is 0.533 bits per heavy atom. The summed E-state index contributed by atoms with van der Waals surface area (Å²) in [6.07, 6.45) is 38.4. The van der Waals surface area contributed by atoms with Crippen LogP contribution in [0.3, 0.4) is 0 Å². The minimum atomic E-state index is -4.88. The number of rotatable bonds is 41. The molecule has 0 aromatic rings. The number of esters is 2. The summed E-state index contributed by atoms with van der Waals surface area (Å²) in [6.45, 7) is 1.51. The molecule has 0 aromatic carbocycles. The van der Waals surface area contributed by atoms with Crippen molar-refractivity contribution >= 4 is 27.6 Å². The molecule has 0 aliphatic heterocycles. The fourth-order valence-corrected chi connectivity index (χ4v) is 6.69. The molecule has 5 N–H and O–H groups in total. The number of carbonyl (C=O) groups excluding carboxylic acids is 2. The highest BCUT2D eigenvalue weighted by Gasteiger charge is 2.28. The summed E-state index contributed by atoms with van der Waals surface area (Å²) in [5.74, 6) is -1.13. The molecule has 14 nitrogen and oxygen atoms in total. The summed E-state index contributed by atoms with van der Waals surface area (Å²) in [7, 11) is -9.71. The van der Waals surface area contributed by atoms with Gasteiger partial charge in [0, 0.05) is 12.8 Å². The van der Waals surface area contributed by atoms with Crippen molar-refractivity contribution in [2.75, 3.05) is 26.4 Å². The van der Waals surface area contributed by atoms with E-state index in [9.17, 15) is 33.8 Å². The van der Waals surface area contributed by atoms with E-state index in [0.717, 1.165) is 77.0 Å². The van der Waals surface area contributed by atoms with Crippen LogP contribution in [0.5, 0.6) is 0 Å². The summed E-state index contributed by atoms with van der Waals surface area (Å²) in [4.78, 5) is 52.7. The largest absolute Gasteiger partial charge is 0.472 e. The first kappa shape index (κ1) is 57.8. The SMILES string of the molecule is CCCCCCCC/C=C\CCCCCCCC(=O)OC[C@H](COP(=O)(O)OC[C@@H](O)COP(=O)(O)O)OC(=O)CCC/C=C\C/C=C\C/C=C\C/C=C\[C@H](O)CCCC. The first-order chi connectivity index (χ1) is 28.8. The second kappa shape index (κ2) is 39.6. The molecular formula is C44H78O14P2. The predicted molar refractivity (Wildman–Crippen MR) is 236 cm³/mol. The lowest BCUT2D eigenvalue weighted by Gasteiger charge is -2.20. The molecule has 0 spiro atoms. The number of hydrogen-bond acceptors (Lipinski definition) is 11. The van der Waals surface area contributed by atoms with Crippen LogP contribution in [-0.4, -0.2) is 81.6 Å². The summed E-state index contributed by atoms with van der Waals surface area (Å²) < 4.78 is 47.7. The van der Waals surface area contributed by atoms with E-state index in [1.165, 1.54) is 38.5 Å². The van der Waals surface area contributed by atoms with Crippen molar-refractivity contribution in [2.45, 2.75) is 180 Å². The molecule has 0 radical (unpaired) electrons. The van der Waals surface area contributed by atoms with E-state index < -0.39 is 66.2 Å². The van der Waals surface area contributed by atoms with Crippen molar-refractivity contribution in [1.29, 1.82) is 0 Å². The number of phosphoric acid groups is 2. The molecular weight excluding hydrogens is 814 g/mol. The van der Waals surface area contributed by atoms with Gasteiger partial charge in [-0.05, 0) is 70.6 Å². The van der Waals surface area contributed by atoms with E-state index in [1.807, 2.05) is 30.4 Å². The van der Waals surface area contributed by atoms with Crippen LogP contribution in [0.15, 0.2) is 60.8 Å². The minimum Gasteiger partial charge on any atom is -0.462 e. The van der Waals surface area contributed by atoms with Gasteiger partial charge in [-0.3, -0.25) is 23.2 Å². The molecule has 0 aliphatic rings. The van der Waals surface area contributed by atoms with Crippen molar-refractivity contribution in [1.82, 2.24) is 0 Å². The third-order valence-electron chi connectivity index (χ3n) is 8.94. The Morgan fingerprint density at radius 2 is 1.02 bits per heavy atom. The number of aliphatic hydroxyl groups is 2. The van der Waals surface area contributed by atoms with Crippen molar-refractivity contribution in [3.63, 3.8) is 0 Å². The third kappa shape index (κ3) is 42.5. The van der Waals surface area contributed by atoms with Crippen LogP contribution in [0.4, 0.5) is 0 Å². The zero-order valence-corrected chi connectivity index (χ0v) is 38.2. The number of aliphatic hydroxyl groups excluding tert-OH is 2. The van der Waals surface area contributed by atoms with Crippen LogP contribution in [0, 0.1) is 0 Å². The second-order valence-electron chi connectivity index (χ2n) is 14.8. The molecule has 0 bridgehead atoms. The Hall–Kier alpha value is -2.22. The molecule has 0 aliphatic carbocycles. The van der Waals surface area contributed by atoms with Crippen molar-refractivity contribution in [3.8, 4) is 0 Å². The Morgan fingerprint density at radius 3 is 1.63 bits per heavy atom. The smallest absolute Gasteiger partial charge is 0.462 e. The molecule has 0 saturated carbocycles. The standard InChI is InChI=1S/C44H78O14P2/c1-3-5-7-8-9-10-11-12-13-14-18-21-24-27-30-34-43(47)54-38-42(39-57-60(52,53)56-37-41(46)36-55-59(49,50)51)58-44(48)35-31-28-25-22-19-16-15-17-20-23-26-29-33-40(45)32-6-4-2/h12-13,15-16,20,22-23,25,29,33,40-42,45-46H,3-11,14,17-19,21,24,26-28,30-32,34-39H2,1-2H3,(H,52,53)(H2,49,50,51)/b13-12-,16-15-,23-20-,25-22-,33-29-/t40-,41+,42-/m1/s1. The fourth-order valence-electron chi connectivity index (χ4n) is 5.53. The van der Waals surface area contributed by atoms with Gasteiger partial charge in [-0.1, -0.05) is 139 Å². The zero-order valence-electron chi connectivity index (χ0n) is 36.4. The molecule has 0 aromatic heterocycles. The lowest BCUT2D eigenvalue weighted by molar-refractivity contribution is -0.161. The van der Waals surface area contributed by atoms with Crippen LogP contribution in [-0.2, 0) is 41.8 Å². The van der Waals surface area contributed by atoms with E-state index in [2.05, 4.69) is 53.3 Å². The lowest BCUT2D eigenvalue weighted by Crippen LogP contribution is -2.29. The Labute approximate surface area is 360 Å². The van der Waals surface area contributed by atoms with Gasteiger partial charge >= 0.3 is 27.6 Å². The van der Waals surface area contributed by atoms with Crippen LogP contribution in [0.2, 0.25) is 0 Å². The van der Waals surface area contributed by atoms with E-state index >= 15 is 0 Å². The van der Waals surface area contributed by atoms with Gasteiger partial charge in [-0.15, -0.1) is 0 Å².